The number of fused-ring (bicyclic) bond motifs is 1. The summed E-state index contributed by atoms with van der Waals surface area (Å²) in [6, 6.07) is 11.0. The Morgan fingerprint density at radius 1 is 0.971 bits per heavy atom. The second-order valence-electron chi connectivity index (χ2n) is 9.19. The maximum absolute atomic E-state index is 13.2. The van der Waals surface area contributed by atoms with Gasteiger partial charge in [-0.1, -0.05) is 18.2 Å². The Morgan fingerprint density at radius 2 is 1.71 bits per heavy atom. The molecule has 0 bridgehead atoms. The third-order valence-corrected chi connectivity index (χ3v) is 6.66. The molecule has 8 heteroatoms. The van der Waals surface area contributed by atoms with Gasteiger partial charge in [0.05, 0.1) is 5.56 Å². The fourth-order valence-electron chi connectivity index (χ4n) is 4.81. The number of allylic oxidation sites excluding steroid dienone is 1. The molecule has 0 aromatic heterocycles. The van der Waals surface area contributed by atoms with Crippen LogP contribution in [0.4, 0.5) is 18.9 Å². The molecular weight excluding hydrogens is 455 g/mol. The summed E-state index contributed by atoms with van der Waals surface area (Å²) in [5.74, 6) is -0.218. The SMILES string of the molecule is CC(=O)NCCN1CCc2cc(NC(=O)C3=C(c4ccc(C(F)(F)F)cc4)CCCC3)ccc2C1. The molecule has 2 N–H and O–H groups in total. The van der Waals surface area contributed by atoms with Crippen molar-refractivity contribution in [3.8, 4) is 0 Å². The summed E-state index contributed by atoms with van der Waals surface area (Å²) in [5, 5.41) is 5.84. The van der Waals surface area contributed by atoms with Crippen LogP contribution in [-0.4, -0.2) is 36.3 Å². The van der Waals surface area contributed by atoms with Crippen LogP contribution in [0.25, 0.3) is 5.57 Å². The number of alkyl halides is 3. The topological polar surface area (TPSA) is 61.4 Å². The van der Waals surface area contributed by atoms with Crippen LogP contribution < -0.4 is 10.6 Å². The second-order valence-corrected chi connectivity index (χ2v) is 9.19. The maximum atomic E-state index is 13.2. The van der Waals surface area contributed by atoms with Gasteiger partial charge in [-0.15, -0.1) is 0 Å². The predicted octanol–water partition coefficient (Wildman–Crippen LogP) is 5.17. The van der Waals surface area contributed by atoms with Crippen LogP contribution in [0.1, 0.15) is 54.9 Å². The van der Waals surface area contributed by atoms with E-state index in [4.69, 9.17) is 0 Å². The Morgan fingerprint density at radius 3 is 2.43 bits per heavy atom. The minimum Gasteiger partial charge on any atom is -0.355 e. The number of anilines is 1. The zero-order valence-corrected chi connectivity index (χ0v) is 19.8. The van der Waals surface area contributed by atoms with E-state index in [9.17, 15) is 22.8 Å². The molecule has 0 saturated carbocycles. The highest BCUT2D eigenvalue weighted by molar-refractivity contribution is 6.09. The molecule has 1 aliphatic heterocycles. The highest BCUT2D eigenvalue weighted by Crippen LogP contribution is 2.35. The van der Waals surface area contributed by atoms with Gasteiger partial charge in [0.1, 0.15) is 0 Å². The lowest BCUT2D eigenvalue weighted by atomic mass is 9.86. The first-order chi connectivity index (χ1) is 16.7. The molecule has 35 heavy (non-hydrogen) atoms. The number of benzene rings is 2. The summed E-state index contributed by atoms with van der Waals surface area (Å²) in [7, 11) is 0. The molecule has 2 aromatic carbocycles. The van der Waals surface area contributed by atoms with E-state index in [2.05, 4.69) is 15.5 Å². The standard InChI is InChI=1S/C27H30F3N3O2/c1-18(34)31-13-15-33-14-12-20-16-23(11-8-21(20)17-33)32-26(35)25-5-3-2-4-24(25)19-6-9-22(10-7-19)27(28,29)30/h6-11,16H,2-5,12-15,17H2,1H3,(H,31,34)(H,32,35). The van der Waals surface area contributed by atoms with Crippen LogP contribution >= 0.6 is 0 Å². The number of hydrogen-bond donors (Lipinski definition) is 2. The molecule has 5 nitrogen and oxygen atoms in total. The monoisotopic (exact) mass is 485 g/mol. The number of carbonyl (C=O) groups excluding carboxylic acids is 2. The number of rotatable bonds is 6. The van der Waals surface area contributed by atoms with Crippen molar-refractivity contribution < 1.29 is 22.8 Å². The maximum Gasteiger partial charge on any atom is 0.416 e. The summed E-state index contributed by atoms with van der Waals surface area (Å²) >= 11 is 0. The molecule has 0 radical (unpaired) electrons. The normalized spacial score (nSPS) is 16.6. The summed E-state index contributed by atoms with van der Waals surface area (Å²) in [4.78, 5) is 26.5. The fraction of sp³-hybridized carbons (Fsp3) is 0.407. The molecule has 2 amide bonds. The molecule has 0 saturated heterocycles. The Balaban J connectivity index is 1.46. The minimum atomic E-state index is -4.38. The van der Waals surface area contributed by atoms with Crippen molar-refractivity contribution in [2.45, 2.75) is 51.7 Å². The van der Waals surface area contributed by atoms with E-state index in [0.717, 1.165) is 62.3 Å². The third kappa shape index (κ3) is 6.31. The molecule has 4 rings (SSSR count). The molecule has 0 spiro atoms. The molecule has 2 aromatic rings. The number of hydrogen-bond acceptors (Lipinski definition) is 3. The van der Waals surface area contributed by atoms with E-state index in [1.54, 1.807) is 0 Å². The first-order valence-corrected chi connectivity index (χ1v) is 12.0. The second kappa shape index (κ2) is 10.6. The summed E-state index contributed by atoms with van der Waals surface area (Å²) in [5.41, 5.74) is 4.59. The van der Waals surface area contributed by atoms with Crippen molar-refractivity contribution >= 4 is 23.1 Å². The lowest BCUT2D eigenvalue weighted by molar-refractivity contribution is -0.137. The Bertz CT molecular complexity index is 1120. The number of nitrogens with zero attached hydrogens (tertiary/aromatic N) is 1. The largest absolute Gasteiger partial charge is 0.416 e. The summed E-state index contributed by atoms with van der Waals surface area (Å²) in [6.07, 6.45) is -0.452. The Kier molecular flexibility index (Phi) is 7.60. The van der Waals surface area contributed by atoms with Gasteiger partial charge in [-0.2, -0.15) is 13.2 Å². The van der Waals surface area contributed by atoms with Crippen molar-refractivity contribution in [2.24, 2.45) is 0 Å². The van der Waals surface area contributed by atoms with E-state index in [1.807, 2.05) is 18.2 Å². The van der Waals surface area contributed by atoms with Crippen molar-refractivity contribution in [1.29, 1.82) is 0 Å². The van der Waals surface area contributed by atoms with Crippen LogP contribution in [-0.2, 0) is 28.7 Å². The lowest BCUT2D eigenvalue weighted by Crippen LogP contribution is -2.37. The average Bonchev–Trinajstić information content (AvgIpc) is 2.83. The van der Waals surface area contributed by atoms with Crippen molar-refractivity contribution in [3.05, 3.63) is 70.3 Å². The number of amides is 2. The summed E-state index contributed by atoms with van der Waals surface area (Å²) < 4.78 is 38.8. The third-order valence-electron chi connectivity index (χ3n) is 6.66. The Hall–Kier alpha value is -3.13. The first kappa shape index (κ1) is 25.0. The Labute approximate surface area is 203 Å². The first-order valence-electron chi connectivity index (χ1n) is 12.0. The molecule has 2 aliphatic rings. The smallest absolute Gasteiger partial charge is 0.355 e. The highest BCUT2D eigenvalue weighted by Gasteiger charge is 2.30. The quantitative estimate of drug-likeness (QED) is 0.594. The summed E-state index contributed by atoms with van der Waals surface area (Å²) in [6.45, 7) is 4.60. The van der Waals surface area contributed by atoms with Gasteiger partial charge in [-0.3, -0.25) is 14.5 Å². The van der Waals surface area contributed by atoms with Gasteiger partial charge < -0.3 is 10.6 Å². The zero-order valence-electron chi connectivity index (χ0n) is 19.8. The van der Waals surface area contributed by atoms with Crippen molar-refractivity contribution in [1.82, 2.24) is 10.2 Å². The van der Waals surface area contributed by atoms with Gasteiger partial charge in [0.15, 0.2) is 0 Å². The molecule has 1 heterocycles. The van der Waals surface area contributed by atoms with Gasteiger partial charge in [-0.25, -0.2) is 0 Å². The van der Waals surface area contributed by atoms with Crippen molar-refractivity contribution in [2.75, 3.05) is 25.0 Å². The van der Waals surface area contributed by atoms with Crippen LogP contribution in [0.15, 0.2) is 48.0 Å². The number of nitrogens with one attached hydrogen (secondary N) is 2. The van der Waals surface area contributed by atoms with E-state index < -0.39 is 11.7 Å². The fourth-order valence-corrected chi connectivity index (χ4v) is 4.81. The van der Waals surface area contributed by atoms with Crippen LogP contribution in [0.5, 0.6) is 0 Å². The molecule has 0 fully saturated rings. The number of halogens is 3. The van der Waals surface area contributed by atoms with Gasteiger partial charge in [0, 0.05) is 44.4 Å². The van der Waals surface area contributed by atoms with Gasteiger partial charge in [0.25, 0.3) is 5.91 Å². The molecular formula is C27H30F3N3O2. The highest BCUT2D eigenvalue weighted by atomic mass is 19.4. The molecule has 0 unspecified atom stereocenters. The predicted molar refractivity (Wildman–Crippen MR) is 130 cm³/mol. The average molecular weight is 486 g/mol. The van der Waals surface area contributed by atoms with Gasteiger partial charge >= 0.3 is 6.18 Å². The molecule has 0 atom stereocenters. The van der Waals surface area contributed by atoms with Gasteiger partial charge in [-0.05, 0) is 78.6 Å². The van der Waals surface area contributed by atoms with E-state index in [-0.39, 0.29) is 11.8 Å². The van der Waals surface area contributed by atoms with E-state index in [0.29, 0.717) is 30.5 Å². The van der Waals surface area contributed by atoms with E-state index >= 15 is 0 Å². The minimum absolute atomic E-state index is 0.0302. The lowest BCUT2D eigenvalue weighted by Gasteiger charge is -2.29. The van der Waals surface area contributed by atoms with Crippen LogP contribution in [0.2, 0.25) is 0 Å². The van der Waals surface area contributed by atoms with Crippen molar-refractivity contribution in [3.63, 3.8) is 0 Å². The van der Waals surface area contributed by atoms with Gasteiger partial charge in [0.2, 0.25) is 5.91 Å². The number of carbonyl (C=O) groups is 2. The van der Waals surface area contributed by atoms with Crippen LogP contribution in [0.3, 0.4) is 0 Å². The zero-order chi connectivity index (χ0) is 25.0. The molecule has 1 aliphatic carbocycles. The van der Waals surface area contributed by atoms with Crippen LogP contribution in [0, 0.1) is 0 Å². The molecule has 186 valence electrons. The van der Waals surface area contributed by atoms with E-state index in [1.165, 1.54) is 30.2 Å².